The first-order chi connectivity index (χ1) is 4.00. The standard InChI is InChI=1S/H2N.2H3O3PS.Zn/c;2*1-4(2,3)5;/h1H2;2*(H3,1,2,3,5);/q-1;;;. The molecule has 0 bridgehead atoms. The van der Waals surface area contributed by atoms with Crippen molar-refractivity contribution < 1.29 is 48.8 Å². The van der Waals surface area contributed by atoms with Gasteiger partial charge in [-0.2, -0.15) is 0 Å². The van der Waals surface area contributed by atoms with Crippen LogP contribution in [0.5, 0.6) is 0 Å². The van der Waals surface area contributed by atoms with Crippen LogP contribution in [0.4, 0.5) is 0 Å². The molecule has 0 saturated carbocycles. The molecule has 0 aromatic carbocycles. The molecule has 0 aliphatic carbocycles. The maximum Gasteiger partial charge on any atom is 0.319 e. The van der Waals surface area contributed by atoms with Gasteiger partial charge in [0.2, 0.25) is 0 Å². The second kappa shape index (κ2) is 9.21. The van der Waals surface area contributed by atoms with Crippen molar-refractivity contribution in [2.75, 3.05) is 0 Å². The van der Waals surface area contributed by atoms with Crippen LogP contribution in [-0.4, -0.2) is 29.4 Å². The Balaban J connectivity index is -0.0000000457. The average Bonchev–Trinajstić information content (AvgIpc) is 1.12. The largest absolute Gasteiger partial charge is 0.693 e. The van der Waals surface area contributed by atoms with Crippen LogP contribution in [0.25, 0.3) is 6.15 Å². The van der Waals surface area contributed by atoms with Crippen LogP contribution in [-0.2, 0) is 43.1 Å². The predicted molar refractivity (Wildman–Crippen MR) is 47.2 cm³/mol. The summed E-state index contributed by atoms with van der Waals surface area (Å²) in [4.78, 5) is 45.3. The first-order valence-corrected chi connectivity index (χ1v) is 6.89. The van der Waals surface area contributed by atoms with Gasteiger partial charge in [-0.05, 0) is 23.6 Å². The molecule has 7 nitrogen and oxygen atoms in total. The molecule has 0 aliphatic heterocycles. The summed E-state index contributed by atoms with van der Waals surface area (Å²) in [5.74, 6) is 0. The molecule has 12 heavy (non-hydrogen) atoms. The normalized spacial score (nSPS) is 9.83. The Hall–Kier alpha value is 1.64. The van der Waals surface area contributed by atoms with Crippen LogP contribution in [0.2, 0.25) is 0 Å². The number of hydrogen-bond acceptors (Lipinski definition) is 2. The van der Waals surface area contributed by atoms with Crippen molar-refractivity contribution in [2.24, 2.45) is 0 Å². The summed E-state index contributed by atoms with van der Waals surface area (Å²) in [6, 6.07) is 0. The second-order valence-corrected chi connectivity index (χ2v) is 6.02. The molecule has 0 fully saturated rings. The molecule has 0 aromatic heterocycles. The molecule has 0 unspecified atom stereocenters. The minimum Gasteiger partial charge on any atom is -0.693 e. The maximum absolute atomic E-state index is 7.56. The fourth-order valence-electron chi connectivity index (χ4n) is 0. The summed E-state index contributed by atoms with van der Waals surface area (Å²) in [5, 5.41) is 0. The van der Waals surface area contributed by atoms with Gasteiger partial charge in [0.05, 0.1) is 0 Å². The van der Waals surface area contributed by atoms with E-state index in [4.69, 9.17) is 29.4 Å². The summed E-state index contributed by atoms with van der Waals surface area (Å²) >= 11 is 7.21. The fraction of sp³-hybridized carbons (Fsp3) is 0. The third kappa shape index (κ3) is 488. The second-order valence-electron chi connectivity index (χ2n) is 1.03. The monoisotopic (exact) mass is 308 g/mol. The van der Waals surface area contributed by atoms with Gasteiger partial charge in [-0.3, -0.25) is 0 Å². The van der Waals surface area contributed by atoms with Gasteiger partial charge in [0.1, 0.15) is 0 Å². The van der Waals surface area contributed by atoms with Crippen LogP contribution >= 0.6 is 13.4 Å². The molecule has 0 aromatic rings. The summed E-state index contributed by atoms with van der Waals surface area (Å²) in [6.45, 7) is -7.61. The molecule has 0 spiro atoms. The summed E-state index contributed by atoms with van der Waals surface area (Å²) in [6.07, 6.45) is 0. The zero-order chi connectivity index (χ0) is 9.00. The third-order valence-electron chi connectivity index (χ3n) is 0. The first kappa shape index (κ1) is 23.5. The van der Waals surface area contributed by atoms with E-state index < -0.39 is 13.4 Å². The van der Waals surface area contributed by atoms with E-state index >= 15 is 0 Å². The van der Waals surface area contributed by atoms with Gasteiger partial charge in [-0.25, -0.2) is 0 Å². The van der Waals surface area contributed by atoms with Crippen molar-refractivity contribution >= 4 is 37.1 Å². The van der Waals surface area contributed by atoms with Gasteiger partial charge in [-0.1, -0.05) is 0 Å². The Labute approximate surface area is 91.9 Å². The Bertz CT molecular complexity index is 136. The zero-order valence-electron chi connectivity index (χ0n) is 5.68. The molecular formula is H8NO6P2S2Zn-. The van der Waals surface area contributed by atoms with Crippen LogP contribution in [0.15, 0.2) is 0 Å². The topological polar surface area (TPSA) is 155 Å². The van der Waals surface area contributed by atoms with Crippen molar-refractivity contribution in [1.29, 1.82) is 0 Å². The minimum absolute atomic E-state index is 0. The van der Waals surface area contributed by atoms with Crippen molar-refractivity contribution in [1.82, 2.24) is 0 Å². The van der Waals surface area contributed by atoms with E-state index in [0.717, 1.165) is 0 Å². The SMILES string of the molecule is OP(O)(O)=S.OP(O)(O)=S.[NH2-].[Zn]. The quantitative estimate of drug-likeness (QED) is 0.248. The van der Waals surface area contributed by atoms with Gasteiger partial charge in [0.25, 0.3) is 0 Å². The van der Waals surface area contributed by atoms with Gasteiger partial charge < -0.3 is 35.5 Å². The number of nitrogens with two attached hydrogens (primary N) is 1. The molecule has 0 atom stereocenters. The van der Waals surface area contributed by atoms with E-state index in [-0.39, 0.29) is 25.6 Å². The van der Waals surface area contributed by atoms with Gasteiger partial charge >= 0.3 is 13.4 Å². The van der Waals surface area contributed by atoms with Crippen LogP contribution < -0.4 is 0 Å². The first-order valence-electron chi connectivity index (χ1n) is 1.57. The van der Waals surface area contributed by atoms with Crippen LogP contribution in [0.3, 0.4) is 0 Å². The van der Waals surface area contributed by atoms with Crippen molar-refractivity contribution in [3.8, 4) is 0 Å². The molecule has 8 N–H and O–H groups in total. The van der Waals surface area contributed by atoms with E-state index in [1.165, 1.54) is 0 Å². The van der Waals surface area contributed by atoms with Crippen molar-refractivity contribution in [2.45, 2.75) is 0 Å². The predicted octanol–water partition coefficient (Wildman–Crippen LogP) is -0.910. The van der Waals surface area contributed by atoms with Crippen molar-refractivity contribution in [3.05, 3.63) is 6.15 Å². The van der Waals surface area contributed by atoms with E-state index in [1.807, 2.05) is 0 Å². The fourth-order valence-corrected chi connectivity index (χ4v) is 0. The molecular weight excluding hydrogens is 301 g/mol. The Kier molecular flexibility index (Phi) is 18.0. The maximum atomic E-state index is 7.56. The number of rotatable bonds is 0. The third-order valence-corrected chi connectivity index (χ3v) is 0. The molecule has 12 heteroatoms. The molecule has 74 valence electrons. The van der Waals surface area contributed by atoms with Gasteiger partial charge in [0.15, 0.2) is 0 Å². The van der Waals surface area contributed by atoms with Crippen molar-refractivity contribution in [3.63, 3.8) is 0 Å². The summed E-state index contributed by atoms with van der Waals surface area (Å²) in [7, 11) is 0. The Morgan fingerprint density at radius 2 is 0.667 bits per heavy atom. The molecule has 0 rings (SSSR count). The molecule has 0 amide bonds. The Morgan fingerprint density at radius 1 is 0.667 bits per heavy atom. The van der Waals surface area contributed by atoms with Crippen LogP contribution in [0, 0.1) is 0 Å². The Morgan fingerprint density at radius 3 is 0.667 bits per heavy atom. The van der Waals surface area contributed by atoms with E-state index in [9.17, 15) is 0 Å². The van der Waals surface area contributed by atoms with E-state index in [1.54, 1.807) is 0 Å². The zero-order valence-corrected chi connectivity index (χ0v) is 12.1. The van der Waals surface area contributed by atoms with E-state index in [0.29, 0.717) is 0 Å². The minimum atomic E-state index is -3.81. The summed E-state index contributed by atoms with van der Waals surface area (Å²) in [5.41, 5.74) is 0. The van der Waals surface area contributed by atoms with Gasteiger partial charge in [0, 0.05) is 19.5 Å². The molecule has 0 radical (unpaired) electrons. The summed E-state index contributed by atoms with van der Waals surface area (Å²) < 4.78 is 0. The van der Waals surface area contributed by atoms with Crippen LogP contribution in [0.1, 0.15) is 0 Å². The van der Waals surface area contributed by atoms with E-state index in [2.05, 4.69) is 23.6 Å². The molecule has 0 aliphatic rings. The smallest absolute Gasteiger partial charge is 0.319 e. The average molecular weight is 310 g/mol. The molecule has 0 saturated heterocycles. The molecule has 0 heterocycles. The number of hydrogen-bond donors (Lipinski definition) is 6. The van der Waals surface area contributed by atoms with Gasteiger partial charge in [-0.15, -0.1) is 0 Å².